The molecule has 0 radical (unpaired) electrons. The second-order valence-electron chi connectivity index (χ2n) is 4.82. The maximum absolute atomic E-state index is 5.49. The van der Waals surface area contributed by atoms with E-state index in [1.165, 1.54) is 44.9 Å². The normalized spacial score (nSPS) is 10.1. The van der Waals surface area contributed by atoms with Gasteiger partial charge in [0.25, 0.3) is 0 Å². The summed E-state index contributed by atoms with van der Waals surface area (Å²) >= 11 is 0. The van der Waals surface area contributed by atoms with Gasteiger partial charge in [-0.25, -0.2) is 0 Å². The van der Waals surface area contributed by atoms with Gasteiger partial charge in [-0.15, -0.1) is 0 Å². The van der Waals surface area contributed by atoms with E-state index in [9.17, 15) is 0 Å². The molecule has 21 heavy (non-hydrogen) atoms. The quantitative estimate of drug-likeness (QED) is 0.305. The fourth-order valence-electron chi connectivity index (χ4n) is 1.92. The molecule has 2 nitrogen and oxygen atoms in total. The van der Waals surface area contributed by atoms with E-state index >= 15 is 0 Å². The Balaban J connectivity index is 0. The molecule has 0 aliphatic heterocycles. The molecule has 1 atom stereocenters. The molecule has 1 rings (SSSR count). The van der Waals surface area contributed by atoms with Crippen molar-refractivity contribution < 1.29 is 9.05 Å². The summed E-state index contributed by atoms with van der Waals surface area (Å²) < 4.78 is 11.0. The van der Waals surface area contributed by atoms with Crippen LogP contribution in [0.5, 0.6) is 5.75 Å². The van der Waals surface area contributed by atoms with Crippen molar-refractivity contribution >= 4 is 9.03 Å². The standard InChI is InChI=1S/C16H27O2P.2CH4/c1-2-3-4-5-6-7-8-12-15-17-19-18-16-13-10-9-11-14-16;;/h9-11,13-14,19H,2-8,12,15H2,1H3;2*1H4. The van der Waals surface area contributed by atoms with Crippen molar-refractivity contribution in [3.05, 3.63) is 30.3 Å². The first kappa shape index (κ1) is 22.7. The fraction of sp³-hybridized carbons (Fsp3) is 0.667. The topological polar surface area (TPSA) is 18.5 Å². The first-order chi connectivity index (χ1) is 9.43. The monoisotopic (exact) mass is 314 g/mol. The Bertz CT molecular complexity index is 291. The molecule has 0 spiro atoms. The Labute approximate surface area is 134 Å². The summed E-state index contributed by atoms with van der Waals surface area (Å²) in [5.41, 5.74) is 0. The van der Waals surface area contributed by atoms with E-state index in [1.54, 1.807) is 0 Å². The molecule has 0 heterocycles. The molecule has 0 N–H and O–H groups in total. The number of hydrogen-bond donors (Lipinski definition) is 0. The highest BCUT2D eigenvalue weighted by Gasteiger charge is 1.94. The minimum absolute atomic E-state index is 0. The summed E-state index contributed by atoms with van der Waals surface area (Å²) in [5.74, 6) is 0.886. The molecule has 1 unspecified atom stereocenters. The molecule has 1 aromatic carbocycles. The van der Waals surface area contributed by atoms with Gasteiger partial charge in [-0.3, -0.25) is 0 Å². The molecule has 0 aliphatic carbocycles. The first-order valence-electron chi connectivity index (χ1n) is 7.52. The highest BCUT2D eigenvalue weighted by atomic mass is 31.1. The van der Waals surface area contributed by atoms with Gasteiger partial charge in [0.15, 0.2) is 0 Å². The van der Waals surface area contributed by atoms with Crippen LogP contribution < -0.4 is 4.52 Å². The lowest BCUT2D eigenvalue weighted by Gasteiger charge is -2.05. The first-order valence-corrected chi connectivity index (χ1v) is 8.34. The molecule has 0 bridgehead atoms. The van der Waals surface area contributed by atoms with Crippen molar-refractivity contribution in [2.24, 2.45) is 0 Å². The highest BCUT2D eigenvalue weighted by Crippen LogP contribution is 2.21. The molecular weight excluding hydrogens is 279 g/mol. The van der Waals surface area contributed by atoms with Crippen LogP contribution in [0.15, 0.2) is 30.3 Å². The van der Waals surface area contributed by atoms with Crippen molar-refractivity contribution in [3.63, 3.8) is 0 Å². The van der Waals surface area contributed by atoms with E-state index in [0.29, 0.717) is 0 Å². The van der Waals surface area contributed by atoms with Crippen molar-refractivity contribution in [2.75, 3.05) is 6.61 Å². The van der Waals surface area contributed by atoms with Crippen LogP contribution in [0.1, 0.15) is 73.1 Å². The van der Waals surface area contributed by atoms with E-state index in [4.69, 9.17) is 9.05 Å². The van der Waals surface area contributed by atoms with Crippen molar-refractivity contribution in [2.45, 2.75) is 73.1 Å². The van der Waals surface area contributed by atoms with Gasteiger partial charge in [0.1, 0.15) is 5.75 Å². The number of hydrogen-bond acceptors (Lipinski definition) is 2. The van der Waals surface area contributed by atoms with E-state index in [-0.39, 0.29) is 23.9 Å². The van der Waals surface area contributed by atoms with Crippen molar-refractivity contribution in [3.8, 4) is 5.75 Å². The minimum atomic E-state index is 0. The van der Waals surface area contributed by atoms with Gasteiger partial charge in [-0.2, -0.15) is 0 Å². The molecule has 0 aliphatic rings. The average Bonchev–Trinajstić information content (AvgIpc) is 2.46. The van der Waals surface area contributed by atoms with Gasteiger partial charge < -0.3 is 9.05 Å². The van der Waals surface area contributed by atoms with Gasteiger partial charge >= 0.3 is 0 Å². The van der Waals surface area contributed by atoms with Crippen LogP contribution in [0, 0.1) is 0 Å². The summed E-state index contributed by atoms with van der Waals surface area (Å²) in [7, 11) is 0.122. The van der Waals surface area contributed by atoms with Crippen LogP contribution >= 0.6 is 9.03 Å². The van der Waals surface area contributed by atoms with E-state index < -0.39 is 0 Å². The van der Waals surface area contributed by atoms with Crippen LogP contribution in [0.3, 0.4) is 0 Å². The predicted molar refractivity (Wildman–Crippen MR) is 97.4 cm³/mol. The average molecular weight is 314 g/mol. The molecule has 124 valence electrons. The summed E-state index contributed by atoms with van der Waals surface area (Å²) in [6, 6.07) is 9.83. The smallest absolute Gasteiger partial charge is 0.215 e. The Hall–Kier alpha value is -0.590. The molecule has 3 heteroatoms. The third-order valence-corrected chi connectivity index (χ3v) is 3.70. The van der Waals surface area contributed by atoms with Crippen molar-refractivity contribution in [1.82, 2.24) is 0 Å². The third kappa shape index (κ3) is 14.1. The van der Waals surface area contributed by atoms with E-state index in [0.717, 1.165) is 18.8 Å². The molecule has 0 fully saturated rings. The summed E-state index contributed by atoms with van der Waals surface area (Å²) in [6.07, 6.45) is 10.7. The summed E-state index contributed by atoms with van der Waals surface area (Å²) in [5, 5.41) is 0. The molecule has 0 amide bonds. The zero-order valence-corrected chi connectivity index (χ0v) is 13.1. The van der Waals surface area contributed by atoms with Crippen LogP contribution in [0.2, 0.25) is 0 Å². The van der Waals surface area contributed by atoms with Gasteiger partial charge in [0, 0.05) is 0 Å². The molecule has 1 aromatic rings. The maximum atomic E-state index is 5.49. The summed E-state index contributed by atoms with van der Waals surface area (Å²) in [4.78, 5) is 0. The number of unbranched alkanes of at least 4 members (excludes halogenated alkanes) is 7. The zero-order chi connectivity index (χ0) is 13.6. The largest absolute Gasteiger partial charge is 0.450 e. The Morgan fingerprint density at radius 2 is 1.38 bits per heavy atom. The number of para-hydroxylation sites is 1. The number of benzene rings is 1. The fourth-order valence-corrected chi connectivity index (χ4v) is 2.43. The Morgan fingerprint density at radius 3 is 2.00 bits per heavy atom. The molecule has 0 aromatic heterocycles. The van der Waals surface area contributed by atoms with Gasteiger partial charge in [-0.1, -0.05) is 84.9 Å². The third-order valence-electron chi connectivity index (χ3n) is 3.06. The van der Waals surface area contributed by atoms with Crippen LogP contribution in [-0.4, -0.2) is 6.61 Å². The van der Waals surface area contributed by atoms with Gasteiger partial charge in [-0.05, 0) is 18.6 Å². The zero-order valence-electron chi connectivity index (χ0n) is 12.1. The van der Waals surface area contributed by atoms with Crippen LogP contribution in [0.25, 0.3) is 0 Å². The van der Waals surface area contributed by atoms with Gasteiger partial charge in [0.05, 0.1) is 6.61 Å². The van der Waals surface area contributed by atoms with E-state index in [2.05, 4.69) is 6.92 Å². The van der Waals surface area contributed by atoms with Gasteiger partial charge in [0.2, 0.25) is 9.03 Å². The second kappa shape index (κ2) is 17.5. The predicted octanol–water partition coefficient (Wildman–Crippen LogP) is 7.00. The Morgan fingerprint density at radius 1 is 0.810 bits per heavy atom. The van der Waals surface area contributed by atoms with Crippen LogP contribution in [-0.2, 0) is 4.52 Å². The Kier molecular flexibility index (Phi) is 18.9. The molecular formula is C18H35O2P. The molecule has 0 saturated carbocycles. The highest BCUT2D eigenvalue weighted by molar-refractivity contribution is 7.26. The lowest BCUT2D eigenvalue weighted by Crippen LogP contribution is -1.89. The lowest BCUT2D eigenvalue weighted by molar-refractivity contribution is 0.316. The lowest BCUT2D eigenvalue weighted by atomic mass is 10.1. The van der Waals surface area contributed by atoms with Crippen LogP contribution in [0.4, 0.5) is 0 Å². The minimum Gasteiger partial charge on any atom is -0.450 e. The van der Waals surface area contributed by atoms with E-state index in [1.807, 2.05) is 30.3 Å². The second-order valence-corrected chi connectivity index (χ2v) is 5.48. The number of rotatable bonds is 12. The van der Waals surface area contributed by atoms with Crippen molar-refractivity contribution in [1.29, 1.82) is 0 Å². The molecule has 0 saturated heterocycles. The SMILES string of the molecule is C.C.CCCCCCCCCCOPOc1ccccc1. The summed E-state index contributed by atoms with van der Waals surface area (Å²) in [6.45, 7) is 3.08. The maximum Gasteiger partial charge on any atom is 0.215 e.